The Labute approximate surface area is 189 Å². The van der Waals surface area contributed by atoms with Crippen molar-refractivity contribution < 1.29 is 0 Å². The molecule has 1 aliphatic carbocycles. The summed E-state index contributed by atoms with van der Waals surface area (Å²) in [4.78, 5) is 14.6. The Balaban J connectivity index is 1.59. The lowest BCUT2D eigenvalue weighted by Gasteiger charge is -2.09. The number of rotatable bonds is 4. The first-order valence-electron chi connectivity index (χ1n) is 11.1. The van der Waals surface area contributed by atoms with Crippen LogP contribution < -0.4 is 0 Å². The molecule has 1 heterocycles. The van der Waals surface area contributed by atoms with Crippen LogP contribution in [0.15, 0.2) is 97.1 Å². The molecule has 0 amide bonds. The summed E-state index contributed by atoms with van der Waals surface area (Å²) in [6.07, 6.45) is 9.87. The Bertz CT molecular complexity index is 1270. The van der Waals surface area contributed by atoms with Gasteiger partial charge < -0.3 is 0 Å². The first kappa shape index (κ1) is 20.1. The maximum atomic E-state index is 4.87. The zero-order valence-electron chi connectivity index (χ0n) is 18.2. The molecule has 0 saturated carbocycles. The van der Waals surface area contributed by atoms with Gasteiger partial charge in [-0.05, 0) is 37.3 Å². The zero-order valence-corrected chi connectivity index (χ0v) is 18.2. The quantitative estimate of drug-likeness (QED) is 0.351. The van der Waals surface area contributed by atoms with Gasteiger partial charge in [0.1, 0.15) is 0 Å². The van der Waals surface area contributed by atoms with E-state index in [1.165, 1.54) is 16.7 Å². The summed E-state index contributed by atoms with van der Waals surface area (Å²) in [6.45, 7) is 2.09. The van der Waals surface area contributed by atoms with Gasteiger partial charge in [0.05, 0.1) is 0 Å². The van der Waals surface area contributed by atoms with Crippen molar-refractivity contribution in [1.29, 1.82) is 0 Å². The van der Waals surface area contributed by atoms with Crippen LogP contribution in [-0.4, -0.2) is 15.0 Å². The van der Waals surface area contributed by atoms with Gasteiger partial charge in [-0.1, -0.05) is 103 Å². The molecule has 156 valence electrons. The number of allylic oxidation sites excluding steroid dienone is 4. The van der Waals surface area contributed by atoms with Gasteiger partial charge in [0.15, 0.2) is 17.5 Å². The highest BCUT2D eigenvalue weighted by molar-refractivity contribution is 5.74. The zero-order chi connectivity index (χ0) is 21.8. The van der Waals surface area contributed by atoms with Crippen LogP contribution in [0.2, 0.25) is 0 Å². The van der Waals surface area contributed by atoms with Gasteiger partial charge >= 0.3 is 0 Å². The fraction of sp³-hybridized carbons (Fsp3) is 0.138. The summed E-state index contributed by atoms with van der Waals surface area (Å²) in [5, 5.41) is 0. The molecular formula is C29H25N3. The SMILES string of the molecule is Cc1ccc(-c2nc(C3=CCCCC=C3)nc(-c3ccc(-c4ccccc4)cc3)n2)cc1. The summed E-state index contributed by atoms with van der Waals surface area (Å²) in [5.74, 6) is 2.13. The molecular weight excluding hydrogens is 390 g/mol. The predicted octanol–water partition coefficient (Wildman–Crippen LogP) is 7.30. The lowest BCUT2D eigenvalue weighted by Crippen LogP contribution is -2.02. The second-order valence-corrected chi connectivity index (χ2v) is 8.11. The minimum Gasteiger partial charge on any atom is -0.208 e. The summed E-state index contributed by atoms with van der Waals surface area (Å²) in [7, 11) is 0. The highest BCUT2D eigenvalue weighted by Crippen LogP contribution is 2.27. The molecule has 0 aliphatic heterocycles. The molecule has 0 fully saturated rings. The fourth-order valence-electron chi connectivity index (χ4n) is 3.85. The minimum absolute atomic E-state index is 0.698. The van der Waals surface area contributed by atoms with Crippen LogP contribution in [0.5, 0.6) is 0 Å². The van der Waals surface area contributed by atoms with Crippen LogP contribution in [-0.2, 0) is 0 Å². The van der Waals surface area contributed by atoms with Crippen molar-refractivity contribution in [2.75, 3.05) is 0 Å². The van der Waals surface area contributed by atoms with E-state index in [4.69, 9.17) is 15.0 Å². The van der Waals surface area contributed by atoms with E-state index < -0.39 is 0 Å². The Morgan fingerprint density at radius 3 is 1.81 bits per heavy atom. The maximum Gasteiger partial charge on any atom is 0.164 e. The van der Waals surface area contributed by atoms with Crippen LogP contribution in [0.1, 0.15) is 30.7 Å². The molecule has 5 rings (SSSR count). The molecule has 3 nitrogen and oxygen atoms in total. The van der Waals surface area contributed by atoms with Gasteiger partial charge in [0.25, 0.3) is 0 Å². The smallest absolute Gasteiger partial charge is 0.164 e. The Kier molecular flexibility index (Phi) is 5.71. The standard InChI is InChI=1S/C29H25N3/c1-21-13-15-25(16-14-21)28-30-27(24-11-5-2-3-6-12-24)31-29(32-28)26-19-17-23(18-20-26)22-9-7-4-8-10-22/h4-5,7-20H,2-3,6H2,1H3. The van der Waals surface area contributed by atoms with E-state index >= 15 is 0 Å². The molecule has 1 aromatic heterocycles. The summed E-state index contributed by atoms with van der Waals surface area (Å²) < 4.78 is 0. The van der Waals surface area contributed by atoms with Gasteiger partial charge in [-0.25, -0.2) is 15.0 Å². The number of hydrogen-bond acceptors (Lipinski definition) is 3. The Morgan fingerprint density at radius 2 is 1.12 bits per heavy atom. The molecule has 0 atom stereocenters. The van der Waals surface area contributed by atoms with Gasteiger partial charge in [-0.2, -0.15) is 0 Å². The van der Waals surface area contributed by atoms with Crippen LogP contribution in [0.25, 0.3) is 39.5 Å². The normalized spacial score (nSPS) is 13.5. The number of aromatic nitrogens is 3. The molecule has 0 saturated heterocycles. The van der Waals surface area contributed by atoms with Crippen LogP contribution in [0, 0.1) is 6.92 Å². The van der Waals surface area contributed by atoms with E-state index in [0.29, 0.717) is 11.6 Å². The van der Waals surface area contributed by atoms with Gasteiger partial charge in [0, 0.05) is 16.7 Å². The minimum atomic E-state index is 0.698. The highest BCUT2D eigenvalue weighted by Gasteiger charge is 2.13. The summed E-state index contributed by atoms with van der Waals surface area (Å²) in [6, 6.07) is 27.2. The lowest BCUT2D eigenvalue weighted by atomic mass is 10.0. The number of nitrogens with zero attached hydrogens (tertiary/aromatic N) is 3. The molecule has 0 unspecified atom stereocenters. The largest absolute Gasteiger partial charge is 0.208 e. The number of hydrogen-bond donors (Lipinski definition) is 0. The first-order valence-corrected chi connectivity index (χ1v) is 11.1. The van der Waals surface area contributed by atoms with E-state index in [2.05, 4.69) is 97.9 Å². The third-order valence-corrected chi connectivity index (χ3v) is 5.69. The summed E-state index contributed by atoms with van der Waals surface area (Å²) >= 11 is 0. The summed E-state index contributed by atoms with van der Waals surface area (Å²) in [5.41, 5.74) is 6.65. The topological polar surface area (TPSA) is 38.7 Å². The molecule has 3 heteroatoms. The highest BCUT2D eigenvalue weighted by atomic mass is 15.0. The molecule has 3 aromatic carbocycles. The van der Waals surface area contributed by atoms with Crippen LogP contribution >= 0.6 is 0 Å². The van der Waals surface area contributed by atoms with Crippen molar-refractivity contribution in [3.8, 4) is 33.9 Å². The number of aryl methyl sites for hydroxylation is 1. The third-order valence-electron chi connectivity index (χ3n) is 5.69. The van der Waals surface area contributed by atoms with Crippen molar-refractivity contribution in [2.45, 2.75) is 26.2 Å². The second kappa shape index (κ2) is 9.11. The Morgan fingerprint density at radius 1 is 0.562 bits per heavy atom. The molecule has 0 spiro atoms. The number of benzene rings is 3. The van der Waals surface area contributed by atoms with Crippen LogP contribution in [0.4, 0.5) is 0 Å². The van der Waals surface area contributed by atoms with E-state index in [1.54, 1.807) is 0 Å². The second-order valence-electron chi connectivity index (χ2n) is 8.11. The molecule has 0 bridgehead atoms. The molecule has 0 radical (unpaired) electrons. The van der Waals surface area contributed by atoms with E-state index in [9.17, 15) is 0 Å². The lowest BCUT2D eigenvalue weighted by molar-refractivity contribution is 0.875. The Hall–Kier alpha value is -3.85. The average Bonchev–Trinajstić information content (AvgIpc) is 3.15. The van der Waals surface area contributed by atoms with Crippen molar-refractivity contribution in [3.05, 3.63) is 108 Å². The van der Waals surface area contributed by atoms with E-state index in [-0.39, 0.29) is 0 Å². The van der Waals surface area contributed by atoms with Crippen molar-refractivity contribution >= 4 is 5.57 Å². The molecule has 4 aromatic rings. The van der Waals surface area contributed by atoms with Gasteiger partial charge in [0.2, 0.25) is 0 Å². The van der Waals surface area contributed by atoms with Gasteiger partial charge in [-0.15, -0.1) is 0 Å². The van der Waals surface area contributed by atoms with Crippen molar-refractivity contribution in [1.82, 2.24) is 15.0 Å². The van der Waals surface area contributed by atoms with Crippen LogP contribution in [0.3, 0.4) is 0 Å². The first-order chi connectivity index (χ1) is 15.8. The maximum absolute atomic E-state index is 4.87. The fourth-order valence-corrected chi connectivity index (χ4v) is 3.85. The molecule has 32 heavy (non-hydrogen) atoms. The molecule has 1 aliphatic rings. The monoisotopic (exact) mass is 415 g/mol. The van der Waals surface area contributed by atoms with Gasteiger partial charge in [-0.3, -0.25) is 0 Å². The van der Waals surface area contributed by atoms with Crippen molar-refractivity contribution in [2.24, 2.45) is 0 Å². The predicted molar refractivity (Wildman–Crippen MR) is 132 cm³/mol. The van der Waals surface area contributed by atoms with E-state index in [1.807, 2.05) is 6.07 Å². The molecule has 0 N–H and O–H groups in total. The van der Waals surface area contributed by atoms with E-state index in [0.717, 1.165) is 41.8 Å². The third kappa shape index (κ3) is 4.42. The average molecular weight is 416 g/mol. The van der Waals surface area contributed by atoms with Crippen molar-refractivity contribution in [3.63, 3.8) is 0 Å².